The number of halogens is 3. The fourth-order valence-corrected chi connectivity index (χ4v) is 5.74. The molecule has 1 heterocycles. The quantitative estimate of drug-likeness (QED) is 0.316. The molecule has 1 saturated heterocycles. The number of hydrogen-bond acceptors (Lipinski definition) is 4. The molecule has 3 aromatic carbocycles. The van der Waals surface area contributed by atoms with E-state index in [4.69, 9.17) is 16.3 Å². The molecule has 0 radical (unpaired) electrons. The molecule has 1 N–H and O–H groups in total. The Balaban J connectivity index is 1.37. The normalized spacial score (nSPS) is 13.7. The summed E-state index contributed by atoms with van der Waals surface area (Å²) >= 11 is 13.5. The molecule has 3 aromatic rings. The first-order valence-corrected chi connectivity index (χ1v) is 13.2. The molecule has 36 heavy (non-hydrogen) atoms. The average molecular weight is 634 g/mol. The number of anilines is 2. The highest BCUT2D eigenvalue weighted by atomic mass is 79.9. The number of rotatable bonds is 6. The number of piperazine rings is 1. The van der Waals surface area contributed by atoms with Gasteiger partial charge < -0.3 is 19.9 Å². The monoisotopic (exact) mass is 631 g/mol. The zero-order valence-corrected chi connectivity index (χ0v) is 23.4. The molecule has 9 heteroatoms. The summed E-state index contributed by atoms with van der Waals surface area (Å²) in [4.78, 5) is 29.2. The van der Waals surface area contributed by atoms with E-state index < -0.39 is 0 Å². The third-order valence-electron chi connectivity index (χ3n) is 5.80. The van der Waals surface area contributed by atoms with Crippen LogP contribution in [0, 0.1) is 0 Å². The first-order valence-electron chi connectivity index (χ1n) is 11.3. The van der Waals surface area contributed by atoms with Gasteiger partial charge in [0.2, 0.25) is 5.91 Å². The number of nitrogens with one attached hydrogen (secondary N) is 1. The van der Waals surface area contributed by atoms with Gasteiger partial charge in [0.05, 0.1) is 22.3 Å². The Hall–Kier alpha value is -2.81. The number of nitrogens with zero attached hydrogens (tertiary/aromatic N) is 2. The summed E-state index contributed by atoms with van der Waals surface area (Å²) in [7, 11) is 1.58. The van der Waals surface area contributed by atoms with E-state index in [1.165, 1.54) is 6.08 Å². The van der Waals surface area contributed by atoms with Crippen LogP contribution < -0.4 is 15.0 Å². The predicted octanol–water partition coefficient (Wildman–Crippen LogP) is 6.49. The van der Waals surface area contributed by atoms with Crippen LogP contribution in [0.2, 0.25) is 5.02 Å². The molecular formula is C27H24Br2ClN3O3. The van der Waals surface area contributed by atoms with E-state index in [0.717, 1.165) is 20.2 Å². The van der Waals surface area contributed by atoms with Gasteiger partial charge in [-0.2, -0.15) is 0 Å². The van der Waals surface area contributed by atoms with Crippen LogP contribution >= 0.6 is 43.5 Å². The van der Waals surface area contributed by atoms with Crippen molar-refractivity contribution in [2.45, 2.75) is 0 Å². The zero-order valence-electron chi connectivity index (χ0n) is 19.5. The molecule has 1 aliphatic rings. The lowest BCUT2D eigenvalue weighted by Crippen LogP contribution is -2.48. The van der Waals surface area contributed by atoms with Gasteiger partial charge in [0.1, 0.15) is 5.75 Å². The third kappa shape index (κ3) is 6.30. The first-order chi connectivity index (χ1) is 17.4. The van der Waals surface area contributed by atoms with Crippen LogP contribution in [0.1, 0.15) is 15.9 Å². The molecule has 6 nitrogen and oxygen atoms in total. The van der Waals surface area contributed by atoms with Crippen LogP contribution in [0.5, 0.6) is 5.75 Å². The van der Waals surface area contributed by atoms with Gasteiger partial charge in [-0.15, -0.1) is 0 Å². The molecule has 1 fully saturated rings. The number of carbonyl (C=O) groups excluding carboxylic acids is 2. The molecule has 0 bridgehead atoms. The van der Waals surface area contributed by atoms with Gasteiger partial charge in [0, 0.05) is 53.5 Å². The van der Waals surface area contributed by atoms with Gasteiger partial charge >= 0.3 is 0 Å². The fraction of sp³-hybridized carbons (Fsp3) is 0.185. The van der Waals surface area contributed by atoms with Crippen LogP contribution in [0.3, 0.4) is 0 Å². The maximum atomic E-state index is 12.7. The maximum Gasteiger partial charge on any atom is 0.253 e. The Morgan fingerprint density at radius 2 is 1.72 bits per heavy atom. The highest BCUT2D eigenvalue weighted by molar-refractivity contribution is 9.11. The molecular weight excluding hydrogens is 610 g/mol. The van der Waals surface area contributed by atoms with Crippen molar-refractivity contribution >= 4 is 72.7 Å². The van der Waals surface area contributed by atoms with Crippen LogP contribution in [0.4, 0.5) is 11.4 Å². The summed E-state index contributed by atoms with van der Waals surface area (Å²) in [5.74, 6) is 0.394. The maximum absolute atomic E-state index is 12.7. The SMILES string of the molecule is COc1c(Br)cc(Br)cc1/C=C/C(=O)Nc1ccc(N2CCN(C(=O)c3ccccc3)CC2)c(Cl)c1. The van der Waals surface area contributed by atoms with Gasteiger partial charge in [-0.25, -0.2) is 0 Å². The number of methoxy groups -OCH3 is 1. The Labute approximate surface area is 232 Å². The van der Waals surface area contributed by atoms with Crippen molar-refractivity contribution in [1.82, 2.24) is 4.90 Å². The number of carbonyl (C=O) groups is 2. The van der Waals surface area contributed by atoms with Crippen molar-refractivity contribution in [3.05, 3.63) is 91.8 Å². The Kier molecular flexibility index (Phi) is 8.72. The van der Waals surface area contributed by atoms with E-state index in [-0.39, 0.29) is 11.8 Å². The molecule has 0 unspecified atom stereocenters. The van der Waals surface area contributed by atoms with Crippen molar-refractivity contribution in [1.29, 1.82) is 0 Å². The molecule has 4 rings (SSSR count). The van der Waals surface area contributed by atoms with Crippen molar-refractivity contribution in [3.63, 3.8) is 0 Å². The number of ether oxygens (including phenoxy) is 1. The van der Waals surface area contributed by atoms with Gasteiger partial charge in [-0.3, -0.25) is 9.59 Å². The van der Waals surface area contributed by atoms with Crippen molar-refractivity contribution < 1.29 is 14.3 Å². The molecule has 0 atom stereocenters. The Bertz CT molecular complexity index is 1290. The molecule has 1 aliphatic heterocycles. The summed E-state index contributed by atoms with van der Waals surface area (Å²) in [5.41, 5.74) is 2.93. The van der Waals surface area contributed by atoms with E-state index >= 15 is 0 Å². The number of hydrogen-bond donors (Lipinski definition) is 1. The first kappa shape index (κ1) is 26.3. The van der Waals surface area contributed by atoms with Crippen LogP contribution in [0.25, 0.3) is 6.08 Å². The lowest BCUT2D eigenvalue weighted by atomic mass is 10.1. The summed E-state index contributed by atoms with van der Waals surface area (Å²) in [6.07, 6.45) is 3.14. The van der Waals surface area contributed by atoms with Crippen molar-refractivity contribution in [3.8, 4) is 5.75 Å². The van der Waals surface area contributed by atoms with Gasteiger partial charge in [-0.1, -0.05) is 45.7 Å². The van der Waals surface area contributed by atoms with Crippen LogP contribution in [0.15, 0.2) is 75.7 Å². The number of amides is 2. The highest BCUT2D eigenvalue weighted by Gasteiger charge is 2.23. The molecule has 2 amide bonds. The lowest BCUT2D eigenvalue weighted by Gasteiger charge is -2.36. The minimum Gasteiger partial charge on any atom is -0.495 e. The van der Waals surface area contributed by atoms with Crippen LogP contribution in [-0.4, -0.2) is 50.0 Å². The summed E-state index contributed by atoms with van der Waals surface area (Å²) in [5, 5.41) is 3.38. The molecule has 186 valence electrons. The second kappa shape index (κ2) is 12.0. The molecule has 0 saturated carbocycles. The van der Waals surface area contributed by atoms with E-state index in [1.54, 1.807) is 19.3 Å². The van der Waals surface area contributed by atoms with Gasteiger partial charge in [0.25, 0.3) is 5.91 Å². The fourth-order valence-electron chi connectivity index (χ4n) is 4.02. The van der Waals surface area contributed by atoms with E-state index in [2.05, 4.69) is 42.1 Å². The minimum atomic E-state index is -0.287. The van der Waals surface area contributed by atoms with E-state index in [9.17, 15) is 9.59 Å². The predicted molar refractivity (Wildman–Crippen MR) is 152 cm³/mol. The molecule has 0 spiro atoms. The summed E-state index contributed by atoms with van der Waals surface area (Å²) < 4.78 is 7.06. The Morgan fingerprint density at radius 3 is 2.39 bits per heavy atom. The molecule has 0 aromatic heterocycles. The highest BCUT2D eigenvalue weighted by Crippen LogP contribution is 2.34. The number of benzene rings is 3. The van der Waals surface area contributed by atoms with Crippen molar-refractivity contribution in [2.75, 3.05) is 43.5 Å². The third-order valence-corrected chi connectivity index (χ3v) is 7.15. The van der Waals surface area contributed by atoms with Gasteiger partial charge in [0.15, 0.2) is 0 Å². The average Bonchev–Trinajstić information content (AvgIpc) is 2.87. The molecule has 0 aliphatic carbocycles. The second-order valence-corrected chi connectivity index (χ2v) is 10.3. The zero-order chi connectivity index (χ0) is 25.7. The summed E-state index contributed by atoms with van der Waals surface area (Å²) in [6, 6.07) is 18.5. The second-order valence-electron chi connectivity index (χ2n) is 8.14. The van der Waals surface area contributed by atoms with Gasteiger partial charge in [-0.05, 0) is 64.5 Å². The minimum absolute atomic E-state index is 0.0419. The van der Waals surface area contributed by atoms with Crippen molar-refractivity contribution in [2.24, 2.45) is 0 Å². The van der Waals surface area contributed by atoms with E-state index in [0.29, 0.717) is 48.2 Å². The van der Waals surface area contributed by atoms with Crippen LogP contribution in [-0.2, 0) is 4.79 Å². The summed E-state index contributed by atoms with van der Waals surface area (Å²) in [6.45, 7) is 2.58. The van der Waals surface area contributed by atoms with E-state index in [1.807, 2.05) is 59.5 Å². The Morgan fingerprint density at radius 1 is 1.00 bits per heavy atom. The lowest BCUT2D eigenvalue weighted by molar-refractivity contribution is -0.111. The standard InChI is InChI=1S/C27H24Br2ClN3O3/c1-36-26-19(15-20(28)16-22(26)29)7-10-25(34)31-21-8-9-24(23(30)17-21)32-11-13-33(14-12-32)27(35)18-5-3-2-4-6-18/h2-10,15-17H,11-14H2,1H3,(H,31,34)/b10-7+. The largest absolute Gasteiger partial charge is 0.495 e. The topological polar surface area (TPSA) is 61.9 Å². The smallest absolute Gasteiger partial charge is 0.253 e.